The maximum Gasteiger partial charge on any atom is 0.251 e. The van der Waals surface area contributed by atoms with Gasteiger partial charge in [0.1, 0.15) is 12.4 Å². The van der Waals surface area contributed by atoms with Gasteiger partial charge in [-0.3, -0.25) is 9.59 Å². The van der Waals surface area contributed by atoms with Crippen molar-refractivity contribution in [2.24, 2.45) is 17.3 Å². The van der Waals surface area contributed by atoms with Crippen LogP contribution in [0, 0.1) is 17.3 Å². The van der Waals surface area contributed by atoms with E-state index in [9.17, 15) is 14.7 Å². The van der Waals surface area contributed by atoms with Crippen LogP contribution in [0.2, 0.25) is 5.02 Å². The molecule has 0 bridgehead atoms. The zero-order chi connectivity index (χ0) is 22.9. The predicted octanol–water partition coefficient (Wildman–Crippen LogP) is 1.97. The number of fused-ring (bicyclic) bond motifs is 1. The third-order valence-corrected chi connectivity index (χ3v) is 7.13. The summed E-state index contributed by atoms with van der Waals surface area (Å²) in [5.74, 6) is 1.45. The Kier molecular flexibility index (Phi) is 6.48. The highest BCUT2D eigenvalue weighted by molar-refractivity contribution is 6.30. The molecule has 9 nitrogen and oxygen atoms in total. The van der Waals surface area contributed by atoms with Crippen molar-refractivity contribution in [3.8, 4) is 5.69 Å². The molecule has 1 saturated heterocycles. The summed E-state index contributed by atoms with van der Waals surface area (Å²) in [6.07, 6.45) is 5.63. The molecular formula is C22H29ClN6O3. The first-order chi connectivity index (χ1) is 15.3. The first-order valence-corrected chi connectivity index (χ1v) is 11.4. The number of tetrazole rings is 1. The number of rotatable bonds is 7. The molecule has 2 aromatic rings. The van der Waals surface area contributed by atoms with Crippen LogP contribution in [0.1, 0.15) is 45.1 Å². The van der Waals surface area contributed by atoms with Crippen molar-refractivity contribution in [2.75, 3.05) is 6.54 Å². The third kappa shape index (κ3) is 5.10. The van der Waals surface area contributed by atoms with E-state index < -0.39 is 6.10 Å². The van der Waals surface area contributed by atoms with Crippen LogP contribution in [0.4, 0.5) is 0 Å². The van der Waals surface area contributed by atoms with E-state index in [0.29, 0.717) is 30.4 Å². The molecule has 1 aromatic heterocycles. The molecule has 5 rings (SSSR count). The highest BCUT2D eigenvalue weighted by Crippen LogP contribution is 2.51. The van der Waals surface area contributed by atoms with Crippen LogP contribution in [0.25, 0.3) is 5.69 Å². The van der Waals surface area contributed by atoms with E-state index in [4.69, 9.17) is 11.6 Å². The minimum Gasteiger partial charge on any atom is -0.383 e. The Bertz CT molecular complexity index is 965. The number of aliphatic hydroxyl groups excluding tert-OH is 1. The number of nitrogens with zero attached hydrogens (tertiary/aromatic N) is 5. The number of halogens is 1. The molecule has 3 aliphatic rings. The third-order valence-electron chi connectivity index (χ3n) is 6.89. The van der Waals surface area contributed by atoms with Crippen molar-refractivity contribution in [1.82, 2.24) is 30.4 Å². The van der Waals surface area contributed by atoms with E-state index in [1.807, 2.05) is 4.90 Å². The molecule has 2 heterocycles. The molecule has 4 unspecified atom stereocenters. The molecule has 0 spiro atoms. The predicted molar refractivity (Wildman–Crippen MR) is 118 cm³/mol. The van der Waals surface area contributed by atoms with E-state index in [1.54, 1.807) is 18.2 Å². The minimum absolute atomic E-state index is 0.0205. The lowest BCUT2D eigenvalue weighted by atomic mass is 10.00. The molecule has 3 fully saturated rings. The monoisotopic (exact) mass is 460 g/mol. The van der Waals surface area contributed by atoms with Gasteiger partial charge in [-0.15, -0.1) is 5.10 Å². The number of nitrogens with one attached hydrogen (secondary N) is 1. The average Bonchev–Trinajstić information content (AvgIpc) is 3.60. The van der Waals surface area contributed by atoms with Gasteiger partial charge in [0.25, 0.3) is 5.91 Å². The molecule has 2 N–H and O–H groups in total. The Balaban J connectivity index is 0.000000153. The minimum atomic E-state index is -0.757. The number of aliphatic hydroxyl groups is 1. The number of benzene rings is 1. The van der Waals surface area contributed by atoms with Crippen LogP contribution in [-0.2, 0) is 16.1 Å². The number of amides is 2. The first-order valence-electron chi connectivity index (χ1n) is 11.0. The van der Waals surface area contributed by atoms with E-state index in [2.05, 4.69) is 34.7 Å². The summed E-state index contributed by atoms with van der Waals surface area (Å²) in [6.45, 7) is 5.55. The number of aromatic nitrogens is 4. The van der Waals surface area contributed by atoms with Crippen molar-refractivity contribution in [3.05, 3.63) is 35.1 Å². The van der Waals surface area contributed by atoms with Crippen LogP contribution < -0.4 is 5.32 Å². The van der Waals surface area contributed by atoms with Gasteiger partial charge < -0.3 is 15.3 Å². The highest BCUT2D eigenvalue weighted by Gasteiger charge is 2.53. The standard InChI is InChI=1S/C13H21NO2.C9H8ClN5O/c1-8-10-5-9(10)7-14(8)12(16)11(15)6-13(2)3-4-13;10-8-1-2-9(15-5-12-13-14-15)7(3-8)4-11-6-16/h8-11,15H,3-7H2,1-2H3;1-3,5-6H,4H2,(H,11,16). The number of carbonyl (C=O) groups is 2. The van der Waals surface area contributed by atoms with Crippen molar-refractivity contribution < 1.29 is 14.7 Å². The van der Waals surface area contributed by atoms with Gasteiger partial charge in [0, 0.05) is 24.2 Å². The van der Waals surface area contributed by atoms with Gasteiger partial charge >= 0.3 is 0 Å². The van der Waals surface area contributed by atoms with Gasteiger partial charge in [-0.2, -0.15) is 0 Å². The number of piperidine rings is 1. The summed E-state index contributed by atoms with van der Waals surface area (Å²) >= 11 is 5.88. The smallest absolute Gasteiger partial charge is 0.251 e. The summed E-state index contributed by atoms with van der Waals surface area (Å²) in [5, 5.41) is 24.0. The van der Waals surface area contributed by atoms with Crippen molar-refractivity contribution in [3.63, 3.8) is 0 Å². The SMILES string of the molecule is CC1C2CC2CN1C(=O)C(O)CC1(C)CC1.O=CNCc1cc(Cl)ccc1-n1cnnn1. The Morgan fingerprint density at radius 1 is 1.44 bits per heavy atom. The normalized spacial score (nSPS) is 25.2. The second-order valence-corrected chi connectivity index (χ2v) is 9.88. The van der Waals surface area contributed by atoms with Crippen LogP contribution in [0.15, 0.2) is 24.5 Å². The van der Waals surface area contributed by atoms with Crippen LogP contribution in [0.3, 0.4) is 0 Å². The Morgan fingerprint density at radius 2 is 2.22 bits per heavy atom. The van der Waals surface area contributed by atoms with E-state index in [1.165, 1.54) is 17.4 Å². The number of hydrogen-bond acceptors (Lipinski definition) is 6. The largest absolute Gasteiger partial charge is 0.383 e. The second kappa shape index (κ2) is 9.15. The van der Waals surface area contributed by atoms with Gasteiger partial charge in [-0.25, -0.2) is 4.68 Å². The molecular weight excluding hydrogens is 432 g/mol. The zero-order valence-corrected chi connectivity index (χ0v) is 19.1. The van der Waals surface area contributed by atoms with Gasteiger partial charge in [-0.1, -0.05) is 18.5 Å². The molecule has 4 atom stereocenters. The zero-order valence-electron chi connectivity index (χ0n) is 18.3. The Morgan fingerprint density at radius 3 is 2.81 bits per heavy atom. The van der Waals surface area contributed by atoms with Gasteiger partial charge in [0.05, 0.1) is 5.69 Å². The lowest BCUT2D eigenvalue weighted by molar-refractivity contribution is -0.142. The summed E-state index contributed by atoms with van der Waals surface area (Å²) < 4.78 is 1.51. The highest BCUT2D eigenvalue weighted by atomic mass is 35.5. The molecule has 0 radical (unpaired) electrons. The fraction of sp³-hybridized carbons (Fsp3) is 0.591. The fourth-order valence-electron chi connectivity index (χ4n) is 4.52. The number of likely N-dealkylation sites (tertiary alicyclic amines) is 1. The van der Waals surface area contributed by atoms with Crippen LogP contribution >= 0.6 is 11.6 Å². The molecule has 2 saturated carbocycles. The van der Waals surface area contributed by atoms with Gasteiger partial charge in [0.15, 0.2) is 0 Å². The summed E-state index contributed by atoms with van der Waals surface area (Å²) in [5.41, 5.74) is 1.87. The van der Waals surface area contributed by atoms with E-state index in [-0.39, 0.29) is 11.3 Å². The first kappa shape index (κ1) is 22.7. The molecule has 1 aliphatic heterocycles. The summed E-state index contributed by atoms with van der Waals surface area (Å²) in [4.78, 5) is 24.3. The maximum absolute atomic E-state index is 12.1. The Labute approximate surface area is 192 Å². The second-order valence-electron chi connectivity index (χ2n) is 9.45. The molecule has 32 heavy (non-hydrogen) atoms. The lowest BCUT2D eigenvalue weighted by Gasteiger charge is -2.27. The maximum atomic E-state index is 12.1. The van der Waals surface area contributed by atoms with Gasteiger partial charge in [-0.05, 0) is 84.0 Å². The topological polar surface area (TPSA) is 113 Å². The van der Waals surface area contributed by atoms with E-state index >= 15 is 0 Å². The van der Waals surface area contributed by atoms with Crippen molar-refractivity contribution in [1.29, 1.82) is 0 Å². The van der Waals surface area contributed by atoms with E-state index in [0.717, 1.165) is 42.5 Å². The molecule has 10 heteroatoms. The Hall–Kier alpha value is -2.52. The lowest BCUT2D eigenvalue weighted by Crippen LogP contribution is -2.43. The average molecular weight is 461 g/mol. The van der Waals surface area contributed by atoms with Crippen molar-refractivity contribution >= 4 is 23.9 Å². The molecule has 172 valence electrons. The van der Waals surface area contributed by atoms with Gasteiger partial charge in [0.2, 0.25) is 6.41 Å². The molecule has 1 aromatic carbocycles. The molecule has 2 amide bonds. The fourth-order valence-corrected chi connectivity index (χ4v) is 4.71. The number of carbonyl (C=O) groups excluding carboxylic acids is 2. The number of hydrogen-bond donors (Lipinski definition) is 2. The molecule has 2 aliphatic carbocycles. The van der Waals surface area contributed by atoms with Crippen LogP contribution in [0.5, 0.6) is 0 Å². The quantitative estimate of drug-likeness (QED) is 0.611. The van der Waals surface area contributed by atoms with Crippen molar-refractivity contribution in [2.45, 2.75) is 58.2 Å². The van der Waals surface area contributed by atoms with Crippen LogP contribution in [-0.4, -0.2) is 61.2 Å². The summed E-state index contributed by atoms with van der Waals surface area (Å²) in [6, 6.07) is 5.65. The summed E-state index contributed by atoms with van der Waals surface area (Å²) in [7, 11) is 0.